The van der Waals surface area contributed by atoms with Crippen LogP contribution in [0, 0.1) is 6.92 Å². The van der Waals surface area contributed by atoms with Crippen LogP contribution < -0.4 is 5.32 Å². The first kappa shape index (κ1) is 15.6. The summed E-state index contributed by atoms with van der Waals surface area (Å²) >= 11 is 1.02. The predicted molar refractivity (Wildman–Crippen MR) is 76.7 cm³/mol. The largest absolute Gasteiger partial charge is 0.477 e. The van der Waals surface area contributed by atoms with Gasteiger partial charge in [0.25, 0.3) is 0 Å². The van der Waals surface area contributed by atoms with Gasteiger partial charge in [-0.1, -0.05) is 0 Å². The van der Waals surface area contributed by atoms with Gasteiger partial charge in [-0.25, -0.2) is 14.8 Å². The van der Waals surface area contributed by atoms with Crippen molar-refractivity contribution in [3.63, 3.8) is 0 Å². The molecule has 0 amide bonds. The first-order valence-electron chi connectivity index (χ1n) is 6.06. The lowest BCUT2D eigenvalue weighted by molar-refractivity contribution is 0.0701. The molecule has 0 saturated carbocycles. The number of carboxylic acids is 1. The summed E-state index contributed by atoms with van der Waals surface area (Å²) in [7, 11) is 0. The van der Waals surface area contributed by atoms with Crippen LogP contribution in [0.5, 0.6) is 0 Å². The fourth-order valence-corrected chi connectivity index (χ4v) is 2.88. The van der Waals surface area contributed by atoms with Crippen LogP contribution in [0.1, 0.15) is 15.2 Å². The number of aryl methyl sites for hydroxylation is 1. The van der Waals surface area contributed by atoms with Gasteiger partial charge in [-0.05, 0) is 12.5 Å². The molecule has 2 aromatic rings. The van der Waals surface area contributed by atoms with E-state index in [0.29, 0.717) is 15.8 Å². The van der Waals surface area contributed by atoms with E-state index in [2.05, 4.69) is 15.3 Å². The van der Waals surface area contributed by atoms with Crippen LogP contribution in [-0.2, 0) is 0 Å². The van der Waals surface area contributed by atoms with Crippen LogP contribution in [0.15, 0.2) is 6.33 Å². The lowest BCUT2D eigenvalue weighted by Gasteiger charge is -2.29. The minimum atomic E-state index is -1.35. The second-order valence-corrected chi connectivity index (χ2v) is 5.64. The molecule has 2 aromatic heterocycles. The topological polar surface area (TPSA) is 136 Å². The molecule has 5 N–H and O–H groups in total. The summed E-state index contributed by atoms with van der Waals surface area (Å²) in [6.07, 6.45) is 1.25. The maximum Gasteiger partial charge on any atom is 0.346 e. The highest BCUT2D eigenvalue weighted by Crippen LogP contribution is 2.34. The third-order valence-electron chi connectivity index (χ3n) is 3.21. The van der Waals surface area contributed by atoms with Crippen molar-refractivity contribution < 1.29 is 25.2 Å². The molecule has 2 heterocycles. The number of thiophene rings is 1. The van der Waals surface area contributed by atoms with E-state index in [9.17, 15) is 20.1 Å². The molecule has 8 nitrogen and oxygen atoms in total. The maximum absolute atomic E-state index is 11.2. The maximum atomic E-state index is 11.2. The van der Waals surface area contributed by atoms with Crippen LogP contribution in [0.4, 0.5) is 5.82 Å². The van der Waals surface area contributed by atoms with E-state index >= 15 is 0 Å². The molecule has 0 radical (unpaired) electrons. The fourth-order valence-electron chi connectivity index (χ4n) is 1.89. The van der Waals surface area contributed by atoms with Crippen molar-refractivity contribution in [2.45, 2.75) is 12.5 Å². The first-order valence-corrected chi connectivity index (χ1v) is 6.88. The second kappa shape index (κ2) is 5.90. The van der Waals surface area contributed by atoms with Crippen molar-refractivity contribution >= 4 is 33.3 Å². The third-order valence-corrected chi connectivity index (χ3v) is 4.40. The highest BCUT2D eigenvalue weighted by molar-refractivity contribution is 7.20. The first-order chi connectivity index (χ1) is 9.98. The Morgan fingerprint density at radius 1 is 1.29 bits per heavy atom. The number of anilines is 1. The lowest BCUT2D eigenvalue weighted by Crippen LogP contribution is -2.49. The zero-order valence-electron chi connectivity index (χ0n) is 11.2. The number of hydrogen-bond donors (Lipinski definition) is 5. The molecule has 0 aliphatic rings. The molecule has 0 spiro atoms. The molecular formula is C12H15N3O5S. The van der Waals surface area contributed by atoms with E-state index in [1.54, 1.807) is 6.92 Å². The molecule has 0 aromatic carbocycles. The average Bonchev–Trinajstić information content (AvgIpc) is 2.83. The molecule has 2 rings (SSSR count). The number of carbonyl (C=O) groups is 1. The van der Waals surface area contributed by atoms with E-state index in [0.717, 1.165) is 11.3 Å². The summed E-state index contributed by atoms with van der Waals surface area (Å²) in [5.41, 5.74) is -0.854. The average molecular weight is 313 g/mol. The van der Waals surface area contributed by atoms with Gasteiger partial charge in [-0.3, -0.25) is 0 Å². The minimum absolute atomic E-state index is 0.149. The zero-order valence-corrected chi connectivity index (χ0v) is 12.0. The zero-order chi connectivity index (χ0) is 15.6. The number of aliphatic hydroxyl groups is 3. The summed E-state index contributed by atoms with van der Waals surface area (Å²) in [4.78, 5) is 19.9. The molecule has 9 heteroatoms. The Labute approximate surface area is 123 Å². The molecule has 21 heavy (non-hydrogen) atoms. The Morgan fingerprint density at radius 2 is 1.90 bits per heavy atom. The van der Waals surface area contributed by atoms with Crippen molar-refractivity contribution in [2.24, 2.45) is 0 Å². The number of aliphatic hydroxyl groups excluding tert-OH is 3. The molecular weight excluding hydrogens is 298 g/mol. The number of aromatic carboxylic acids is 1. The predicted octanol–water partition coefficient (Wildman–Crippen LogP) is -0.174. The number of carboxylic acid groups (broad SMARTS) is 1. The van der Waals surface area contributed by atoms with Crippen LogP contribution in [0.25, 0.3) is 10.2 Å². The summed E-state index contributed by atoms with van der Waals surface area (Å²) in [5, 5.41) is 40.5. The van der Waals surface area contributed by atoms with E-state index in [-0.39, 0.29) is 10.7 Å². The Bertz CT molecular complexity index is 660. The summed E-state index contributed by atoms with van der Waals surface area (Å²) < 4.78 is 0. The molecule has 0 atom stereocenters. The fraction of sp³-hybridized carbons (Fsp3) is 0.417. The van der Waals surface area contributed by atoms with Crippen LogP contribution in [-0.4, -0.2) is 61.7 Å². The van der Waals surface area contributed by atoms with Crippen LogP contribution >= 0.6 is 11.3 Å². The highest BCUT2D eigenvalue weighted by atomic mass is 32.1. The van der Waals surface area contributed by atoms with Gasteiger partial charge in [0.2, 0.25) is 0 Å². The van der Waals surface area contributed by atoms with Crippen LogP contribution in [0.2, 0.25) is 0 Å². The van der Waals surface area contributed by atoms with E-state index in [1.165, 1.54) is 6.33 Å². The Balaban J connectivity index is 2.57. The molecule has 0 saturated heterocycles. The van der Waals surface area contributed by atoms with Crippen molar-refractivity contribution in [3.8, 4) is 0 Å². The molecule has 0 fully saturated rings. The summed E-state index contributed by atoms with van der Waals surface area (Å²) in [5.74, 6) is -0.794. The summed E-state index contributed by atoms with van der Waals surface area (Å²) in [6.45, 7) is 0.0940. The van der Waals surface area contributed by atoms with Gasteiger partial charge in [0.05, 0.1) is 25.2 Å². The Kier molecular flexibility index (Phi) is 4.37. The van der Waals surface area contributed by atoms with Gasteiger partial charge in [-0.2, -0.15) is 0 Å². The number of hydrogen-bond acceptors (Lipinski definition) is 8. The number of rotatable bonds is 6. The van der Waals surface area contributed by atoms with E-state index in [1.807, 2.05) is 0 Å². The molecule has 114 valence electrons. The lowest BCUT2D eigenvalue weighted by atomic mass is 10.0. The Morgan fingerprint density at radius 3 is 2.43 bits per heavy atom. The molecule has 0 bridgehead atoms. The highest BCUT2D eigenvalue weighted by Gasteiger charge is 2.30. The number of nitrogens with one attached hydrogen (secondary N) is 1. The second-order valence-electron chi connectivity index (χ2n) is 4.64. The van der Waals surface area contributed by atoms with Gasteiger partial charge in [0, 0.05) is 0 Å². The standard InChI is InChI=1S/C12H15N3O5S/c1-6-7-9(15-12(2-16,3-17)4-18)13-5-14-10(7)21-8(6)11(19)20/h5,16-18H,2-4H2,1H3,(H,19,20)(H,13,14,15). The van der Waals surface area contributed by atoms with Gasteiger partial charge in [0.15, 0.2) is 0 Å². The normalized spacial score (nSPS) is 11.8. The third kappa shape index (κ3) is 2.68. The number of nitrogens with zero attached hydrogens (tertiary/aromatic N) is 2. The van der Waals surface area contributed by atoms with Crippen LogP contribution in [0.3, 0.4) is 0 Å². The van der Waals surface area contributed by atoms with Crippen molar-refractivity contribution in [1.29, 1.82) is 0 Å². The minimum Gasteiger partial charge on any atom is -0.477 e. The number of aromatic nitrogens is 2. The molecule has 0 aliphatic carbocycles. The van der Waals surface area contributed by atoms with Crippen molar-refractivity contribution in [1.82, 2.24) is 9.97 Å². The van der Waals surface area contributed by atoms with E-state index in [4.69, 9.17) is 5.11 Å². The monoisotopic (exact) mass is 313 g/mol. The number of fused-ring (bicyclic) bond motifs is 1. The quantitative estimate of drug-likeness (QED) is 0.496. The molecule has 0 aliphatic heterocycles. The van der Waals surface area contributed by atoms with Crippen molar-refractivity contribution in [3.05, 3.63) is 16.8 Å². The van der Waals surface area contributed by atoms with Crippen molar-refractivity contribution in [2.75, 3.05) is 25.1 Å². The Hall–Kier alpha value is -1.81. The van der Waals surface area contributed by atoms with Gasteiger partial charge in [-0.15, -0.1) is 11.3 Å². The molecule has 0 unspecified atom stereocenters. The SMILES string of the molecule is Cc1c(C(=O)O)sc2ncnc(NC(CO)(CO)CO)c12. The van der Waals surface area contributed by atoms with E-state index < -0.39 is 31.3 Å². The van der Waals surface area contributed by atoms with Gasteiger partial charge >= 0.3 is 5.97 Å². The smallest absolute Gasteiger partial charge is 0.346 e. The summed E-state index contributed by atoms with van der Waals surface area (Å²) in [6, 6.07) is 0. The van der Waals surface area contributed by atoms with Gasteiger partial charge < -0.3 is 25.7 Å². The van der Waals surface area contributed by atoms with Gasteiger partial charge in [0.1, 0.15) is 27.4 Å².